The van der Waals surface area contributed by atoms with E-state index in [9.17, 15) is 9.59 Å². The van der Waals surface area contributed by atoms with Crippen LogP contribution in [0.15, 0.2) is 0 Å². The first-order chi connectivity index (χ1) is 7.25. The van der Waals surface area contributed by atoms with Gasteiger partial charge in [-0.25, -0.2) is 0 Å². The van der Waals surface area contributed by atoms with E-state index in [0.717, 1.165) is 0 Å². The van der Waals surface area contributed by atoms with E-state index in [0.29, 0.717) is 19.4 Å². The van der Waals surface area contributed by atoms with E-state index >= 15 is 0 Å². The first-order valence-electron chi connectivity index (χ1n) is 5.50. The molecule has 0 aliphatic carbocycles. The van der Waals surface area contributed by atoms with E-state index < -0.39 is 12.0 Å². The highest BCUT2D eigenvalue weighted by molar-refractivity contribution is 5.82. The molecule has 0 aromatic heterocycles. The number of hydrogen-bond donors (Lipinski definition) is 3. The summed E-state index contributed by atoms with van der Waals surface area (Å²) in [5.74, 6) is -0.986. The average Bonchev–Trinajstić information content (AvgIpc) is 2.13. The lowest BCUT2D eigenvalue weighted by Gasteiger charge is -2.25. The number of amides is 1. The first-order valence-corrected chi connectivity index (χ1v) is 5.50. The van der Waals surface area contributed by atoms with Gasteiger partial charge in [0.05, 0.1) is 6.04 Å². The highest BCUT2D eigenvalue weighted by Crippen LogP contribution is 2.17. The minimum atomic E-state index is -0.808. The Bertz CT molecular complexity index is 246. The maximum absolute atomic E-state index is 11.5. The lowest BCUT2D eigenvalue weighted by molar-refractivity contribution is -0.137. The van der Waals surface area contributed by atoms with Gasteiger partial charge in [-0.05, 0) is 18.3 Å². The summed E-state index contributed by atoms with van der Waals surface area (Å²) < 4.78 is 0. The average molecular weight is 230 g/mol. The smallest absolute Gasteiger partial charge is 0.303 e. The van der Waals surface area contributed by atoms with Crippen molar-refractivity contribution in [3.63, 3.8) is 0 Å². The fraction of sp³-hybridized carbons (Fsp3) is 0.818. The summed E-state index contributed by atoms with van der Waals surface area (Å²) >= 11 is 0. The highest BCUT2D eigenvalue weighted by Gasteiger charge is 2.26. The van der Waals surface area contributed by atoms with Crippen molar-refractivity contribution in [2.24, 2.45) is 11.1 Å². The van der Waals surface area contributed by atoms with Gasteiger partial charge in [0.2, 0.25) is 5.91 Å². The van der Waals surface area contributed by atoms with Crippen LogP contribution in [0.2, 0.25) is 0 Å². The van der Waals surface area contributed by atoms with Crippen LogP contribution in [0.25, 0.3) is 0 Å². The van der Waals surface area contributed by atoms with Crippen molar-refractivity contribution >= 4 is 11.9 Å². The molecule has 0 fully saturated rings. The predicted octanol–water partition coefficient (Wildman–Crippen LogP) is 0.731. The number of rotatable bonds is 6. The molecular weight excluding hydrogens is 208 g/mol. The molecule has 94 valence electrons. The number of carbonyl (C=O) groups is 2. The Kier molecular flexibility index (Phi) is 6.03. The van der Waals surface area contributed by atoms with Crippen molar-refractivity contribution < 1.29 is 14.7 Å². The Morgan fingerprint density at radius 1 is 1.31 bits per heavy atom. The zero-order chi connectivity index (χ0) is 12.8. The van der Waals surface area contributed by atoms with Gasteiger partial charge in [0.25, 0.3) is 0 Å². The van der Waals surface area contributed by atoms with Crippen LogP contribution in [-0.4, -0.2) is 29.6 Å². The fourth-order valence-corrected chi connectivity index (χ4v) is 1.12. The SMILES string of the molecule is CC(C)(C)[C@@H](N)C(=O)NCCCCC(=O)O. The third-order valence-corrected chi connectivity index (χ3v) is 2.33. The van der Waals surface area contributed by atoms with Crippen LogP contribution in [-0.2, 0) is 9.59 Å². The molecule has 0 aromatic carbocycles. The van der Waals surface area contributed by atoms with Crippen molar-refractivity contribution in [1.29, 1.82) is 0 Å². The van der Waals surface area contributed by atoms with Crippen molar-refractivity contribution in [2.45, 2.75) is 46.1 Å². The number of aliphatic carboxylic acids is 1. The molecule has 5 heteroatoms. The maximum atomic E-state index is 11.5. The number of carboxylic acid groups (broad SMARTS) is 1. The van der Waals surface area contributed by atoms with Crippen LogP contribution in [0.3, 0.4) is 0 Å². The third-order valence-electron chi connectivity index (χ3n) is 2.33. The molecule has 0 aliphatic heterocycles. The number of unbranched alkanes of at least 4 members (excludes halogenated alkanes) is 1. The molecule has 5 nitrogen and oxygen atoms in total. The summed E-state index contributed by atoms with van der Waals surface area (Å²) in [6, 6.07) is -0.535. The molecule has 0 heterocycles. The zero-order valence-corrected chi connectivity index (χ0v) is 10.2. The van der Waals surface area contributed by atoms with Crippen LogP contribution in [0, 0.1) is 5.41 Å². The molecule has 0 aromatic rings. The van der Waals surface area contributed by atoms with Gasteiger partial charge in [0.1, 0.15) is 0 Å². The van der Waals surface area contributed by atoms with E-state index in [-0.39, 0.29) is 17.7 Å². The summed E-state index contributed by atoms with van der Waals surface area (Å²) in [4.78, 5) is 21.8. The quantitative estimate of drug-likeness (QED) is 0.586. The van der Waals surface area contributed by atoms with Gasteiger partial charge >= 0.3 is 5.97 Å². The van der Waals surface area contributed by atoms with Crippen molar-refractivity contribution in [1.82, 2.24) is 5.32 Å². The molecule has 0 rings (SSSR count). The molecular formula is C11H22N2O3. The topological polar surface area (TPSA) is 92.4 Å². The Morgan fingerprint density at radius 3 is 2.31 bits per heavy atom. The van der Waals surface area contributed by atoms with Crippen LogP contribution in [0.5, 0.6) is 0 Å². The maximum Gasteiger partial charge on any atom is 0.303 e. The highest BCUT2D eigenvalue weighted by atomic mass is 16.4. The normalized spacial score (nSPS) is 13.2. The zero-order valence-electron chi connectivity index (χ0n) is 10.2. The van der Waals surface area contributed by atoms with Gasteiger partial charge in [0.15, 0.2) is 0 Å². The molecule has 0 spiro atoms. The Morgan fingerprint density at radius 2 is 1.88 bits per heavy atom. The number of nitrogens with one attached hydrogen (secondary N) is 1. The van der Waals surface area contributed by atoms with Crippen LogP contribution in [0.4, 0.5) is 0 Å². The van der Waals surface area contributed by atoms with Crippen molar-refractivity contribution in [3.8, 4) is 0 Å². The van der Waals surface area contributed by atoms with Gasteiger partial charge in [-0.2, -0.15) is 0 Å². The van der Waals surface area contributed by atoms with Gasteiger partial charge in [-0.1, -0.05) is 20.8 Å². The fourth-order valence-electron chi connectivity index (χ4n) is 1.12. The minimum Gasteiger partial charge on any atom is -0.481 e. The molecule has 0 bridgehead atoms. The second-order valence-electron chi connectivity index (χ2n) is 4.99. The first kappa shape index (κ1) is 14.9. The monoisotopic (exact) mass is 230 g/mol. The van der Waals surface area contributed by atoms with Gasteiger partial charge < -0.3 is 16.2 Å². The van der Waals surface area contributed by atoms with Crippen molar-refractivity contribution in [3.05, 3.63) is 0 Å². The van der Waals surface area contributed by atoms with E-state index in [1.54, 1.807) is 0 Å². The summed E-state index contributed by atoms with van der Waals surface area (Å²) in [5, 5.41) is 11.1. The van der Waals surface area contributed by atoms with E-state index in [1.165, 1.54) is 0 Å². The molecule has 4 N–H and O–H groups in total. The van der Waals surface area contributed by atoms with Crippen LogP contribution in [0.1, 0.15) is 40.0 Å². The lowest BCUT2D eigenvalue weighted by atomic mass is 9.87. The molecule has 0 unspecified atom stereocenters. The Hall–Kier alpha value is -1.10. The van der Waals surface area contributed by atoms with Crippen molar-refractivity contribution in [2.75, 3.05) is 6.54 Å². The third kappa shape index (κ3) is 6.40. The molecule has 0 radical (unpaired) electrons. The van der Waals surface area contributed by atoms with E-state index in [2.05, 4.69) is 5.32 Å². The standard InChI is InChI=1S/C11H22N2O3/c1-11(2,3)9(12)10(16)13-7-5-4-6-8(14)15/h9H,4-7,12H2,1-3H3,(H,13,16)(H,14,15)/t9-/m0/s1. The number of nitrogens with two attached hydrogens (primary N) is 1. The lowest BCUT2D eigenvalue weighted by Crippen LogP contribution is -2.48. The summed E-state index contributed by atoms with van der Waals surface area (Å²) in [6.45, 7) is 6.20. The van der Waals surface area contributed by atoms with Crippen LogP contribution >= 0.6 is 0 Å². The van der Waals surface area contributed by atoms with Crippen LogP contribution < -0.4 is 11.1 Å². The number of carbonyl (C=O) groups excluding carboxylic acids is 1. The molecule has 1 amide bonds. The Balaban J connectivity index is 3.70. The van der Waals surface area contributed by atoms with E-state index in [1.807, 2.05) is 20.8 Å². The molecule has 0 aliphatic rings. The van der Waals surface area contributed by atoms with Gasteiger partial charge in [0, 0.05) is 13.0 Å². The largest absolute Gasteiger partial charge is 0.481 e. The molecule has 1 atom stereocenters. The second-order valence-corrected chi connectivity index (χ2v) is 4.99. The van der Waals surface area contributed by atoms with E-state index in [4.69, 9.17) is 10.8 Å². The number of hydrogen-bond acceptors (Lipinski definition) is 3. The summed E-state index contributed by atoms with van der Waals surface area (Å²) in [6.07, 6.45) is 1.37. The van der Waals surface area contributed by atoms with Gasteiger partial charge in [-0.15, -0.1) is 0 Å². The van der Waals surface area contributed by atoms with Gasteiger partial charge in [-0.3, -0.25) is 9.59 Å². The summed E-state index contributed by atoms with van der Waals surface area (Å²) in [5.41, 5.74) is 5.49. The molecule has 0 saturated carbocycles. The Labute approximate surface area is 96.4 Å². The summed E-state index contributed by atoms with van der Waals surface area (Å²) in [7, 11) is 0. The molecule has 0 saturated heterocycles. The minimum absolute atomic E-state index is 0.140. The predicted molar refractivity (Wildman–Crippen MR) is 61.9 cm³/mol. The second kappa shape index (κ2) is 6.48. The number of carboxylic acids is 1. The molecule has 16 heavy (non-hydrogen) atoms.